The topological polar surface area (TPSA) is 38.8 Å². The summed E-state index contributed by atoms with van der Waals surface area (Å²) in [6.45, 7) is 7.53. The lowest BCUT2D eigenvalue weighted by Gasteiger charge is -2.38. The third-order valence-electron chi connectivity index (χ3n) is 4.98. The summed E-state index contributed by atoms with van der Waals surface area (Å²) in [6, 6.07) is 12.6. The second kappa shape index (κ2) is 7.69. The van der Waals surface area contributed by atoms with E-state index in [-0.39, 0.29) is 23.4 Å². The van der Waals surface area contributed by atoms with Crippen LogP contribution < -0.4 is 0 Å². The molecule has 27 heavy (non-hydrogen) atoms. The Kier molecular flexibility index (Phi) is 5.51. The largest absolute Gasteiger partial charge is 0.453 e. The molecule has 1 atom stereocenters. The first-order chi connectivity index (χ1) is 12.8. The number of hydrogen-bond acceptors (Lipinski definition) is 3. The van der Waals surface area contributed by atoms with Gasteiger partial charge < -0.3 is 14.4 Å². The van der Waals surface area contributed by atoms with Gasteiger partial charge in [0.05, 0.1) is 20.3 Å². The van der Waals surface area contributed by atoms with Crippen molar-refractivity contribution >= 4 is 6.09 Å². The molecule has 0 N–H and O–H groups in total. The molecule has 3 rings (SSSR count). The second-order valence-corrected chi connectivity index (χ2v) is 7.84. The molecule has 0 saturated carbocycles. The SMILES string of the molecule is COC(=O)N(CC1COCc2c(-c3ccc(F)cc3)cccc21)C(C)(C)C. The van der Waals surface area contributed by atoms with Gasteiger partial charge >= 0.3 is 6.09 Å². The van der Waals surface area contributed by atoms with E-state index in [0.29, 0.717) is 19.8 Å². The van der Waals surface area contributed by atoms with E-state index in [1.807, 2.05) is 32.9 Å². The predicted octanol–water partition coefficient (Wildman–Crippen LogP) is 4.97. The van der Waals surface area contributed by atoms with E-state index in [0.717, 1.165) is 16.7 Å². The normalized spacial score (nSPS) is 16.6. The van der Waals surface area contributed by atoms with Gasteiger partial charge in [-0.2, -0.15) is 0 Å². The van der Waals surface area contributed by atoms with Crippen LogP contribution in [0.3, 0.4) is 0 Å². The Morgan fingerprint density at radius 2 is 1.93 bits per heavy atom. The Bertz CT molecular complexity index is 811. The van der Waals surface area contributed by atoms with Crippen LogP contribution in [0, 0.1) is 5.82 Å². The fourth-order valence-electron chi connectivity index (χ4n) is 3.55. The van der Waals surface area contributed by atoms with Gasteiger partial charge in [-0.25, -0.2) is 9.18 Å². The van der Waals surface area contributed by atoms with Gasteiger partial charge in [0.1, 0.15) is 5.82 Å². The number of carbonyl (C=O) groups is 1. The zero-order valence-corrected chi connectivity index (χ0v) is 16.3. The molecule has 0 aromatic heterocycles. The Hall–Kier alpha value is -2.40. The van der Waals surface area contributed by atoms with E-state index in [4.69, 9.17) is 9.47 Å². The van der Waals surface area contributed by atoms with Gasteiger partial charge in [-0.3, -0.25) is 0 Å². The van der Waals surface area contributed by atoms with Crippen LogP contribution in [0.25, 0.3) is 11.1 Å². The van der Waals surface area contributed by atoms with E-state index < -0.39 is 0 Å². The number of ether oxygens (including phenoxy) is 2. The van der Waals surface area contributed by atoms with Crippen LogP contribution in [-0.2, 0) is 16.1 Å². The summed E-state index contributed by atoms with van der Waals surface area (Å²) >= 11 is 0. The first kappa shape index (κ1) is 19.4. The van der Waals surface area contributed by atoms with Crippen LogP contribution in [-0.4, -0.2) is 36.8 Å². The summed E-state index contributed by atoms with van der Waals surface area (Å²) < 4.78 is 24.1. The fourth-order valence-corrected chi connectivity index (χ4v) is 3.55. The van der Waals surface area contributed by atoms with Crippen molar-refractivity contribution in [3.63, 3.8) is 0 Å². The molecular weight excluding hydrogens is 345 g/mol. The van der Waals surface area contributed by atoms with Gasteiger partial charge in [0.2, 0.25) is 0 Å². The highest BCUT2D eigenvalue weighted by molar-refractivity contribution is 5.70. The van der Waals surface area contributed by atoms with Crippen LogP contribution in [0.4, 0.5) is 9.18 Å². The van der Waals surface area contributed by atoms with Crippen LogP contribution >= 0.6 is 0 Å². The molecule has 144 valence electrons. The number of rotatable bonds is 3. The zero-order valence-electron chi connectivity index (χ0n) is 16.3. The van der Waals surface area contributed by atoms with Gasteiger partial charge in [0.25, 0.3) is 0 Å². The van der Waals surface area contributed by atoms with Gasteiger partial charge in [-0.1, -0.05) is 30.3 Å². The van der Waals surface area contributed by atoms with Crippen LogP contribution in [0.5, 0.6) is 0 Å². The lowest BCUT2D eigenvalue weighted by atomic mass is 9.87. The number of nitrogens with zero attached hydrogens (tertiary/aromatic N) is 1. The smallest absolute Gasteiger partial charge is 0.409 e. The number of hydrogen-bond donors (Lipinski definition) is 0. The number of fused-ring (bicyclic) bond motifs is 1. The summed E-state index contributed by atoms with van der Waals surface area (Å²) in [6.07, 6.45) is -0.343. The minimum Gasteiger partial charge on any atom is -0.453 e. The minimum absolute atomic E-state index is 0.0486. The number of benzene rings is 2. The third kappa shape index (κ3) is 4.14. The molecule has 1 unspecified atom stereocenters. The molecular formula is C22H26FNO3. The monoisotopic (exact) mass is 371 g/mol. The molecule has 1 heterocycles. The molecule has 0 bridgehead atoms. The molecule has 0 aliphatic carbocycles. The Morgan fingerprint density at radius 3 is 2.56 bits per heavy atom. The van der Waals surface area contributed by atoms with Gasteiger partial charge in [0, 0.05) is 18.0 Å². The molecule has 1 aliphatic rings. The molecule has 0 spiro atoms. The van der Waals surface area contributed by atoms with Gasteiger partial charge in [-0.05, 0) is 55.2 Å². The third-order valence-corrected chi connectivity index (χ3v) is 4.98. The maximum Gasteiger partial charge on any atom is 0.409 e. The summed E-state index contributed by atoms with van der Waals surface area (Å²) in [5.41, 5.74) is 3.90. The van der Waals surface area contributed by atoms with Crippen molar-refractivity contribution in [2.24, 2.45) is 0 Å². The van der Waals surface area contributed by atoms with E-state index in [1.54, 1.807) is 17.0 Å². The summed E-state index contributed by atoms with van der Waals surface area (Å²) in [4.78, 5) is 14.0. The standard InChI is InChI=1S/C22H26FNO3/c1-22(2,3)24(21(25)26-4)12-16-13-27-14-20-18(6-5-7-19(16)20)15-8-10-17(23)11-9-15/h5-11,16H,12-14H2,1-4H3. The number of methoxy groups -OCH3 is 1. The summed E-state index contributed by atoms with van der Waals surface area (Å²) in [5.74, 6) is -0.205. The van der Waals surface area contributed by atoms with Crippen LogP contribution in [0.1, 0.15) is 37.8 Å². The van der Waals surface area contributed by atoms with E-state index in [1.165, 1.54) is 24.8 Å². The average Bonchev–Trinajstić information content (AvgIpc) is 2.65. The Morgan fingerprint density at radius 1 is 1.22 bits per heavy atom. The van der Waals surface area contributed by atoms with Crippen molar-refractivity contribution in [3.8, 4) is 11.1 Å². The van der Waals surface area contributed by atoms with Crippen molar-refractivity contribution in [2.45, 2.75) is 38.8 Å². The lowest BCUT2D eigenvalue weighted by molar-refractivity contribution is 0.0505. The van der Waals surface area contributed by atoms with Gasteiger partial charge in [0.15, 0.2) is 0 Å². The highest BCUT2D eigenvalue weighted by Gasteiger charge is 2.32. The Balaban J connectivity index is 1.96. The molecule has 2 aromatic rings. The molecule has 0 radical (unpaired) electrons. The van der Waals surface area contributed by atoms with E-state index in [2.05, 4.69) is 6.07 Å². The first-order valence-electron chi connectivity index (χ1n) is 9.12. The minimum atomic E-state index is -0.362. The fraction of sp³-hybridized carbons (Fsp3) is 0.409. The molecule has 1 aliphatic heterocycles. The van der Waals surface area contributed by atoms with E-state index in [9.17, 15) is 9.18 Å². The average molecular weight is 371 g/mol. The Labute approximate surface area is 159 Å². The second-order valence-electron chi connectivity index (χ2n) is 7.84. The lowest BCUT2D eigenvalue weighted by Crippen LogP contribution is -2.48. The molecule has 5 heteroatoms. The number of carbonyl (C=O) groups excluding carboxylic acids is 1. The quantitative estimate of drug-likeness (QED) is 0.764. The zero-order chi connectivity index (χ0) is 19.6. The summed E-state index contributed by atoms with van der Waals surface area (Å²) in [5, 5.41) is 0. The van der Waals surface area contributed by atoms with Crippen LogP contribution in [0.2, 0.25) is 0 Å². The predicted molar refractivity (Wildman–Crippen MR) is 103 cm³/mol. The maximum absolute atomic E-state index is 13.3. The van der Waals surface area contributed by atoms with E-state index >= 15 is 0 Å². The van der Waals surface area contributed by atoms with Crippen molar-refractivity contribution in [1.29, 1.82) is 0 Å². The number of amides is 1. The molecule has 0 saturated heterocycles. The highest BCUT2D eigenvalue weighted by Crippen LogP contribution is 2.35. The van der Waals surface area contributed by atoms with Crippen molar-refractivity contribution in [3.05, 3.63) is 59.4 Å². The van der Waals surface area contributed by atoms with Crippen molar-refractivity contribution in [1.82, 2.24) is 4.90 Å². The number of halogens is 1. The molecule has 0 fully saturated rings. The van der Waals surface area contributed by atoms with Crippen molar-refractivity contribution in [2.75, 3.05) is 20.3 Å². The van der Waals surface area contributed by atoms with Crippen LogP contribution in [0.15, 0.2) is 42.5 Å². The molecule has 2 aromatic carbocycles. The first-order valence-corrected chi connectivity index (χ1v) is 9.12. The summed E-state index contributed by atoms with van der Waals surface area (Å²) in [7, 11) is 1.40. The van der Waals surface area contributed by atoms with Crippen molar-refractivity contribution < 1.29 is 18.7 Å². The molecule has 4 nitrogen and oxygen atoms in total. The maximum atomic E-state index is 13.3. The van der Waals surface area contributed by atoms with Gasteiger partial charge in [-0.15, -0.1) is 0 Å². The molecule has 1 amide bonds. The highest BCUT2D eigenvalue weighted by atomic mass is 19.1.